The Labute approximate surface area is 369 Å². The van der Waals surface area contributed by atoms with Crippen LogP contribution in [0.4, 0.5) is 89.1 Å². The van der Waals surface area contributed by atoms with Gasteiger partial charge in [-0.05, 0) is 70.4 Å². The van der Waals surface area contributed by atoms with E-state index in [1.165, 1.54) is 0 Å². The zero-order valence-corrected chi connectivity index (χ0v) is 36.7. The third-order valence-corrected chi connectivity index (χ3v) is 18.0. The summed E-state index contributed by atoms with van der Waals surface area (Å²) in [6.45, 7) is 0. The van der Waals surface area contributed by atoms with Crippen molar-refractivity contribution < 1.29 is 104 Å². The van der Waals surface area contributed by atoms with Crippen LogP contribution < -0.4 is 4.13 Å². The number of sulfonamides is 2. The van der Waals surface area contributed by atoms with Gasteiger partial charge in [0.25, 0.3) is 31.4 Å². The van der Waals surface area contributed by atoms with E-state index >= 15 is 0 Å². The number of nitro groups is 2. The molecule has 1 heterocycles. The van der Waals surface area contributed by atoms with Gasteiger partial charge in [0, 0.05) is 34.4 Å². The zero-order valence-electron chi connectivity index (χ0n) is 31.8. The summed E-state index contributed by atoms with van der Waals surface area (Å²) >= 11 is 0. The van der Waals surface area contributed by atoms with E-state index < -0.39 is 203 Å². The first-order valence-electron chi connectivity index (χ1n) is 16.9. The van der Waals surface area contributed by atoms with Crippen molar-refractivity contribution in [2.24, 2.45) is 0 Å². The lowest BCUT2D eigenvalue weighted by atomic mass is 9.87. The molecular weight excluding hydrogens is 1130 g/mol. The Kier molecular flexibility index (Phi) is 8.79. The number of nitro benzene ring substituents is 2. The lowest BCUT2D eigenvalue weighted by Crippen LogP contribution is -2.30. The second-order valence-corrected chi connectivity index (χ2v) is 28.0. The molecule has 1 N–H and O–H groups in total. The average molecular weight is 1140 g/mol. The largest absolute Gasteiger partial charge is 0.310 e. The van der Waals surface area contributed by atoms with Crippen LogP contribution in [0.15, 0.2) is 114 Å². The molecule has 0 fully saturated rings. The summed E-state index contributed by atoms with van der Waals surface area (Å²) in [5.41, 5.74) is -15.5. The fraction of sp³-hybridized carbons (Fsp3) is 0. The minimum atomic E-state index is -11.7. The van der Waals surface area contributed by atoms with Gasteiger partial charge in [-0.3, -0.25) is 20.2 Å². The van der Waals surface area contributed by atoms with Crippen molar-refractivity contribution in [2.75, 3.05) is 0 Å². The summed E-state index contributed by atoms with van der Waals surface area (Å²) < 4.78 is 345. The van der Waals surface area contributed by atoms with Crippen molar-refractivity contribution in [3.05, 3.63) is 105 Å². The Morgan fingerprint density at radius 2 is 0.652 bits per heavy atom. The van der Waals surface area contributed by atoms with Crippen molar-refractivity contribution >= 4 is 93.9 Å². The van der Waals surface area contributed by atoms with Crippen LogP contribution in [-0.2, 0) is 20.0 Å². The summed E-state index contributed by atoms with van der Waals surface area (Å²) in [5.74, 6) is 0. The van der Waals surface area contributed by atoms with Crippen molar-refractivity contribution in [1.82, 2.24) is 4.13 Å². The van der Waals surface area contributed by atoms with Crippen molar-refractivity contribution in [1.29, 1.82) is 0 Å². The van der Waals surface area contributed by atoms with Gasteiger partial charge in [-0.15, -0.1) is 4.13 Å². The summed E-state index contributed by atoms with van der Waals surface area (Å²) in [5, 5.41) is 19.4. The van der Waals surface area contributed by atoms with E-state index in [4.69, 9.17) is 0 Å². The second kappa shape index (κ2) is 11.8. The van der Waals surface area contributed by atoms with Crippen LogP contribution >= 0.6 is 40.9 Å². The minimum Gasteiger partial charge on any atom is -0.258 e. The Balaban J connectivity index is 1.89. The highest BCUT2D eigenvalue weighted by molar-refractivity contribution is 8.47. The summed E-state index contributed by atoms with van der Waals surface area (Å²) in [4.78, 5) is 1.69. The third kappa shape index (κ3) is 9.34. The molecule has 0 amide bonds. The number of fused-ring (bicyclic) bond motifs is 7. The number of nitrogens with zero attached hydrogens (tertiary/aromatic N) is 2. The number of benzene rings is 6. The predicted molar refractivity (Wildman–Crippen MR) is 214 cm³/mol. The molecule has 7 rings (SSSR count). The molecule has 0 bridgehead atoms. The van der Waals surface area contributed by atoms with E-state index in [-0.39, 0.29) is 12.1 Å². The van der Waals surface area contributed by atoms with Gasteiger partial charge in [0.05, 0.1) is 30.4 Å². The molecule has 6 aromatic rings. The number of nitrogens with one attached hydrogen (secondary N) is 1. The highest BCUT2D eigenvalue weighted by Gasteiger charge is 2.71. The average Bonchev–Trinajstić information content (AvgIpc) is 3.18. The molecule has 11 nitrogen and oxygen atoms in total. The van der Waals surface area contributed by atoms with E-state index in [0.717, 1.165) is 0 Å². The van der Waals surface area contributed by atoms with Crippen molar-refractivity contribution in [2.45, 2.75) is 29.4 Å². The maximum absolute atomic E-state index is 14.4. The molecule has 382 valence electrons. The number of rotatable bonds is 8. The molecule has 0 spiro atoms. The fourth-order valence-electron chi connectivity index (χ4n) is 7.15. The number of hydrogen-bond donors (Lipinski definition) is 1. The first-order chi connectivity index (χ1) is 29.9. The number of non-ortho nitro benzene ring substituents is 2. The van der Waals surface area contributed by atoms with Gasteiger partial charge < -0.3 is 0 Å². The second-order valence-electron chi connectivity index (χ2n) is 14.9. The normalized spacial score (nSPS) is 19.4. The molecule has 69 heavy (non-hydrogen) atoms. The number of halogens is 20. The molecular formula is C32H15F20N3O8S6. The van der Waals surface area contributed by atoms with Gasteiger partial charge in [-0.2, -0.15) is 0 Å². The SMILES string of the molecule is O=[N+]([O-])c1cccc2c3c(c(-c4cc(S(F)(F)(F)(F)F)cc(S(F)(F)(F)(F)F)c4)cc12)S(=O)(=O)NS(=O)(=O)c1c(-c2cc(S(F)(F)(F)(F)F)cc(S(F)(F)(F)(F)F)c2)cc2c([N+](=O)[O-])cccc2c1-3. The topological polar surface area (TPSA) is 167 Å². The Hall–Kier alpha value is -5.50. The third-order valence-electron chi connectivity index (χ3n) is 9.79. The van der Waals surface area contributed by atoms with Crippen LogP contribution in [0.1, 0.15) is 0 Å². The first-order valence-corrected chi connectivity index (χ1v) is 27.7. The van der Waals surface area contributed by atoms with E-state index in [1.54, 1.807) is 0 Å². The van der Waals surface area contributed by atoms with Gasteiger partial charge in [0.1, 0.15) is 19.6 Å². The predicted octanol–water partition coefficient (Wildman–Crippen LogP) is 17.4. The first kappa shape index (κ1) is 51.4. The summed E-state index contributed by atoms with van der Waals surface area (Å²) in [6.07, 6.45) is 0. The van der Waals surface area contributed by atoms with Gasteiger partial charge >= 0.3 is 40.9 Å². The molecule has 0 unspecified atom stereocenters. The molecule has 0 saturated heterocycles. The van der Waals surface area contributed by atoms with Gasteiger partial charge in [0.2, 0.25) is 0 Å². The lowest BCUT2D eigenvalue weighted by Gasteiger charge is -2.44. The maximum atomic E-state index is 14.4. The van der Waals surface area contributed by atoms with Gasteiger partial charge in [0.15, 0.2) is 0 Å². The maximum Gasteiger partial charge on any atom is 0.310 e. The quantitative estimate of drug-likeness (QED) is 0.0893. The molecule has 0 radical (unpaired) electrons. The van der Waals surface area contributed by atoms with Crippen LogP contribution in [0.25, 0.3) is 54.9 Å². The molecule has 0 saturated carbocycles. The lowest BCUT2D eigenvalue weighted by molar-refractivity contribution is -0.383. The molecule has 6 aromatic carbocycles. The summed E-state index contributed by atoms with van der Waals surface area (Å²) in [6, 6.07) is -5.62. The highest BCUT2D eigenvalue weighted by Crippen LogP contribution is 3.06. The van der Waals surface area contributed by atoms with Gasteiger partial charge in [-0.1, -0.05) is 102 Å². The molecule has 0 atom stereocenters. The van der Waals surface area contributed by atoms with Crippen molar-refractivity contribution in [3.8, 4) is 33.4 Å². The molecule has 0 aromatic heterocycles. The van der Waals surface area contributed by atoms with Crippen LogP contribution in [-0.4, -0.2) is 26.7 Å². The van der Waals surface area contributed by atoms with Crippen molar-refractivity contribution in [3.63, 3.8) is 0 Å². The highest BCUT2D eigenvalue weighted by atomic mass is 32.5. The molecule has 1 aliphatic heterocycles. The Morgan fingerprint density at radius 3 is 0.884 bits per heavy atom. The molecule has 37 heteroatoms. The Morgan fingerprint density at radius 1 is 0.391 bits per heavy atom. The van der Waals surface area contributed by atoms with Gasteiger partial charge in [-0.25, -0.2) is 16.8 Å². The smallest absolute Gasteiger partial charge is 0.258 e. The van der Waals surface area contributed by atoms with E-state index in [0.29, 0.717) is 40.5 Å². The van der Waals surface area contributed by atoms with Crippen LogP contribution in [0.3, 0.4) is 0 Å². The van der Waals surface area contributed by atoms with E-state index in [2.05, 4.69) is 0 Å². The minimum absolute atomic E-state index is 0.142. The van der Waals surface area contributed by atoms with Crippen LogP contribution in [0.2, 0.25) is 0 Å². The van der Waals surface area contributed by atoms with E-state index in [1.807, 2.05) is 0 Å². The standard InChI is InChI=1S/C32H15F20N3O8S6/c33-66(34,35,36,37)17-7-15(8-18(11-17)67(38,39,40,41)42)23-13-25-21(3-1-5-27(25)54(56)57)29-30-22-4-2-6-28(55(58)59)26(22)14-24(32(30)65(62,63)53-64(60,61)31(23)29)16-9-19(68(43,44,45,46)47)12-20(10-16)69(48,49,50,51)52/h1-14,53H. The fourth-order valence-corrected chi connectivity index (χ4v) is 13.8. The molecule has 0 aliphatic carbocycles. The number of hydrogen-bond acceptors (Lipinski definition) is 8. The Bertz CT molecular complexity index is 3370. The van der Waals surface area contributed by atoms with Crippen LogP contribution in [0, 0.1) is 20.2 Å². The zero-order chi connectivity index (χ0) is 52.8. The van der Waals surface area contributed by atoms with Crippen LogP contribution in [0.5, 0.6) is 0 Å². The van der Waals surface area contributed by atoms with E-state index in [9.17, 15) is 115 Å². The molecule has 1 aliphatic rings. The summed E-state index contributed by atoms with van der Waals surface area (Å²) in [7, 11) is -60.3. The monoisotopic (exact) mass is 1140 g/mol.